The van der Waals surface area contributed by atoms with E-state index in [4.69, 9.17) is 9.47 Å². The average molecular weight is 497 g/mol. The molecule has 0 N–H and O–H groups in total. The van der Waals surface area contributed by atoms with Crippen LogP contribution in [0.5, 0.6) is 5.75 Å². The second-order valence-electron chi connectivity index (χ2n) is 9.40. The zero-order valence-electron chi connectivity index (χ0n) is 21.7. The first kappa shape index (κ1) is 26.3. The van der Waals surface area contributed by atoms with Gasteiger partial charge in [0.05, 0.1) is 12.2 Å². The Morgan fingerprint density at radius 2 is 1.43 bits per heavy atom. The van der Waals surface area contributed by atoms with Crippen molar-refractivity contribution in [3.05, 3.63) is 90.3 Å². The largest absolute Gasteiger partial charge is 0.489 e. The maximum atomic E-state index is 12.3. The molecule has 4 rings (SSSR count). The number of esters is 1. The molecule has 37 heavy (non-hydrogen) atoms. The van der Waals surface area contributed by atoms with Crippen LogP contribution in [0, 0.1) is 0 Å². The lowest BCUT2D eigenvalue weighted by atomic mass is 10.1. The summed E-state index contributed by atoms with van der Waals surface area (Å²) in [4.78, 5) is 21.2. The number of hydrogen-bond donors (Lipinski definition) is 0. The number of unbranched alkanes of at least 4 members (excludes halogenated alkanes) is 7. The molecule has 0 aliphatic carbocycles. The fourth-order valence-electron chi connectivity index (χ4n) is 4.26. The topological polar surface area (TPSA) is 61.3 Å². The van der Waals surface area contributed by atoms with E-state index in [-0.39, 0.29) is 5.97 Å². The molecule has 5 heteroatoms. The van der Waals surface area contributed by atoms with Crippen molar-refractivity contribution in [3.8, 4) is 17.1 Å². The highest BCUT2D eigenvalue weighted by Crippen LogP contribution is 2.26. The molecule has 0 amide bonds. The van der Waals surface area contributed by atoms with Crippen LogP contribution < -0.4 is 4.74 Å². The molecule has 0 radical (unpaired) electrons. The van der Waals surface area contributed by atoms with Gasteiger partial charge < -0.3 is 9.47 Å². The van der Waals surface area contributed by atoms with E-state index in [2.05, 4.69) is 29.0 Å². The number of benzene rings is 3. The highest BCUT2D eigenvalue weighted by molar-refractivity contribution is 5.89. The highest BCUT2D eigenvalue weighted by Gasteiger charge is 2.10. The van der Waals surface area contributed by atoms with E-state index in [1.165, 1.54) is 38.5 Å². The first-order valence-electron chi connectivity index (χ1n) is 13.4. The van der Waals surface area contributed by atoms with Crippen molar-refractivity contribution in [1.29, 1.82) is 0 Å². The SMILES string of the molecule is CCCCCCCCCCOC(=O)c1cnc(-c2ccc3cc(OCc4ccccc4)ccc3c2)nc1. The van der Waals surface area contributed by atoms with Gasteiger partial charge in [0, 0.05) is 18.0 Å². The van der Waals surface area contributed by atoms with Crippen molar-refractivity contribution in [2.75, 3.05) is 6.61 Å². The highest BCUT2D eigenvalue weighted by atomic mass is 16.5. The van der Waals surface area contributed by atoms with Crippen LogP contribution in [0.3, 0.4) is 0 Å². The molecule has 0 spiro atoms. The summed E-state index contributed by atoms with van der Waals surface area (Å²) in [6.07, 6.45) is 12.8. The van der Waals surface area contributed by atoms with Crippen molar-refractivity contribution in [2.45, 2.75) is 64.9 Å². The molecular formula is C32H36N2O3. The van der Waals surface area contributed by atoms with E-state index in [0.29, 0.717) is 24.6 Å². The van der Waals surface area contributed by atoms with Crippen LogP contribution >= 0.6 is 0 Å². The lowest BCUT2D eigenvalue weighted by Crippen LogP contribution is -2.08. The minimum atomic E-state index is -0.365. The summed E-state index contributed by atoms with van der Waals surface area (Å²) in [6, 6.07) is 22.2. The van der Waals surface area contributed by atoms with Crippen LogP contribution in [-0.2, 0) is 11.3 Å². The monoisotopic (exact) mass is 496 g/mol. The second kappa shape index (κ2) is 14.1. The molecule has 0 saturated carbocycles. The molecule has 0 saturated heterocycles. The third kappa shape index (κ3) is 8.14. The summed E-state index contributed by atoms with van der Waals surface area (Å²) in [5.74, 6) is 1.04. The van der Waals surface area contributed by atoms with Gasteiger partial charge in [-0.1, -0.05) is 100 Å². The van der Waals surface area contributed by atoms with Gasteiger partial charge in [0.2, 0.25) is 0 Å². The van der Waals surface area contributed by atoms with Gasteiger partial charge in [-0.3, -0.25) is 0 Å². The number of fused-ring (bicyclic) bond motifs is 1. The summed E-state index contributed by atoms with van der Waals surface area (Å²) < 4.78 is 11.4. The minimum absolute atomic E-state index is 0.365. The molecule has 3 aromatic carbocycles. The van der Waals surface area contributed by atoms with Crippen molar-refractivity contribution in [2.24, 2.45) is 0 Å². The molecule has 0 aliphatic heterocycles. The first-order valence-corrected chi connectivity index (χ1v) is 13.4. The van der Waals surface area contributed by atoms with Crippen molar-refractivity contribution in [1.82, 2.24) is 9.97 Å². The predicted octanol–water partition coefficient (Wildman–Crippen LogP) is 8.17. The van der Waals surface area contributed by atoms with Crippen LogP contribution in [0.1, 0.15) is 74.2 Å². The van der Waals surface area contributed by atoms with Crippen LogP contribution in [-0.4, -0.2) is 22.5 Å². The lowest BCUT2D eigenvalue weighted by Gasteiger charge is -2.09. The Morgan fingerprint density at radius 1 is 0.757 bits per heavy atom. The Bertz CT molecular complexity index is 1260. The summed E-state index contributed by atoms with van der Waals surface area (Å²) in [5.41, 5.74) is 2.41. The third-order valence-corrected chi connectivity index (χ3v) is 6.44. The maximum Gasteiger partial charge on any atom is 0.341 e. The van der Waals surface area contributed by atoms with E-state index in [1.54, 1.807) is 12.4 Å². The molecule has 0 unspecified atom stereocenters. The zero-order chi connectivity index (χ0) is 25.7. The number of carbonyl (C=O) groups is 1. The Kier molecular flexibility index (Phi) is 10.1. The Hall–Kier alpha value is -3.73. The van der Waals surface area contributed by atoms with E-state index in [0.717, 1.165) is 40.5 Å². The van der Waals surface area contributed by atoms with Gasteiger partial charge in [-0.15, -0.1) is 0 Å². The predicted molar refractivity (Wildman–Crippen MR) is 149 cm³/mol. The lowest BCUT2D eigenvalue weighted by molar-refractivity contribution is 0.0496. The fraction of sp³-hybridized carbons (Fsp3) is 0.344. The number of aromatic nitrogens is 2. The maximum absolute atomic E-state index is 12.3. The Morgan fingerprint density at radius 3 is 2.19 bits per heavy atom. The summed E-state index contributed by atoms with van der Waals surface area (Å²) in [7, 11) is 0. The standard InChI is InChI=1S/C32H36N2O3/c1-2-3-4-5-6-7-8-12-19-36-32(35)29-22-33-31(34-23-29)28-16-15-27-21-30(18-17-26(27)20-28)37-24-25-13-10-9-11-14-25/h9-11,13-18,20-23H,2-8,12,19,24H2,1H3. The third-order valence-electron chi connectivity index (χ3n) is 6.44. The second-order valence-corrected chi connectivity index (χ2v) is 9.40. The Labute approximate surface area is 219 Å². The number of carbonyl (C=O) groups excluding carboxylic acids is 1. The molecule has 192 valence electrons. The van der Waals surface area contributed by atoms with Gasteiger partial charge >= 0.3 is 5.97 Å². The normalized spacial score (nSPS) is 10.9. The molecule has 4 aromatic rings. The van der Waals surface area contributed by atoms with Crippen LogP contribution in [0.2, 0.25) is 0 Å². The van der Waals surface area contributed by atoms with Crippen LogP contribution in [0.4, 0.5) is 0 Å². The number of hydrogen-bond acceptors (Lipinski definition) is 5. The molecule has 1 aromatic heterocycles. The van der Waals surface area contributed by atoms with E-state index >= 15 is 0 Å². The van der Waals surface area contributed by atoms with Crippen molar-refractivity contribution in [3.63, 3.8) is 0 Å². The molecular weight excluding hydrogens is 460 g/mol. The quantitative estimate of drug-likeness (QED) is 0.130. The smallest absolute Gasteiger partial charge is 0.341 e. The molecule has 0 fully saturated rings. The summed E-state index contributed by atoms with van der Waals surface area (Å²) in [5, 5.41) is 2.15. The van der Waals surface area contributed by atoms with Gasteiger partial charge in [0.15, 0.2) is 5.82 Å². The fourth-order valence-corrected chi connectivity index (χ4v) is 4.26. The van der Waals surface area contributed by atoms with Crippen molar-refractivity contribution < 1.29 is 14.3 Å². The number of rotatable bonds is 14. The first-order chi connectivity index (χ1) is 18.2. The minimum Gasteiger partial charge on any atom is -0.489 e. The molecule has 0 atom stereocenters. The van der Waals surface area contributed by atoms with Gasteiger partial charge in [-0.25, -0.2) is 14.8 Å². The van der Waals surface area contributed by atoms with Crippen LogP contribution in [0.15, 0.2) is 79.1 Å². The average Bonchev–Trinajstić information content (AvgIpc) is 2.95. The van der Waals surface area contributed by atoms with Gasteiger partial charge in [0.1, 0.15) is 12.4 Å². The summed E-state index contributed by atoms with van der Waals surface area (Å²) >= 11 is 0. The van der Waals surface area contributed by atoms with Gasteiger partial charge in [-0.2, -0.15) is 0 Å². The van der Waals surface area contributed by atoms with E-state index < -0.39 is 0 Å². The van der Waals surface area contributed by atoms with Gasteiger partial charge in [0.25, 0.3) is 0 Å². The molecule has 1 heterocycles. The Balaban J connectivity index is 1.26. The number of nitrogens with zero attached hydrogens (tertiary/aromatic N) is 2. The zero-order valence-corrected chi connectivity index (χ0v) is 21.7. The van der Waals surface area contributed by atoms with Crippen LogP contribution in [0.25, 0.3) is 22.2 Å². The summed E-state index contributed by atoms with van der Waals surface area (Å²) in [6.45, 7) is 3.21. The van der Waals surface area contributed by atoms with Crippen molar-refractivity contribution >= 4 is 16.7 Å². The van der Waals surface area contributed by atoms with Gasteiger partial charge in [-0.05, 0) is 41.0 Å². The van der Waals surface area contributed by atoms with E-state index in [9.17, 15) is 4.79 Å². The molecule has 0 bridgehead atoms. The molecule has 0 aliphatic rings. The number of ether oxygens (including phenoxy) is 2. The molecule has 5 nitrogen and oxygen atoms in total. The van der Waals surface area contributed by atoms with E-state index in [1.807, 2.05) is 54.6 Å².